The molecule has 0 saturated carbocycles. The third kappa shape index (κ3) is 4.52. The molecule has 2 aromatic rings. The minimum absolute atomic E-state index is 0. The number of morpholine rings is 1. The Morgan fingerprint density at radius 2 is 2.16 bits per heavy atom. The number of carboxylic acids is 1. The quantitative estimate of drug-likeness (QED) is 0.908. The van der Waals surface area contributed by atoms with Crippen LogP contribution in [0.4, 0.5) is 5.69 Å². The molecule has 1 aliphatic rings. The Balaban J connectivity index is 0.00000225. The molecule has 6 heteroatoms. The summed E-state index contributed by atoms with van der Waals surface area (Å²) in [5.41, 5.74) is 5.08. The monoisotopic (exact) mass is 360 g/mol. The Morgan fingerprint density at radius 1 is 1.36 bits per heavy atom. The first-order valence-electron chi connectivity index (χ1n) is 8.17. The summed E-state index contributed by atoms with van der Waals surface area (Å²) in [5.74, 6) is -0.865. The number of benzene rings is 1. The second-order valence-electron chi connectivity index (χ2n) is 6.23. The number of hydrogen-bond acceptors (Lipinski definition) is 4. The van der Waals surface area contributed by atoms with E-state index in [9.17, 15) is 4.79 Å². The molecule has 25 heavy (non-hydrogen) atoms. The fourth-order valence-corrected chi connectivity index (χ4v) is 3.10. The summed E-state index contributed by atoms with van der Waals surface area (Å²) in [6, 6.07) is 10.5. The van der Waals surface area contributed by atoms with Crippen LogP contribution in [0.3, 0.4) is 0 Å². The highest BCUT2D eigenvalue weighted by molar-refractivity contribution is 7.59. The highest BCUT2D eigenvalue weighted by atomic mass is 32.1. The van der Waals surface area contributed by atoms with Gasteiger partial charge in [-0.15, -0.1) is 0 Å². The van der Waals surface area contributed by atoms with E-state index in [1.807, 2.05) is 6.07 Å². The SMILES string of the molecule is Cc1cc(N2CCOC[C@@H]2C)ccc1-c1ccc(CC(=O)O)nc1.S. The number of carboxylic acid groups (broad SMARTS) is 1. The summed E-state index contributed by atoms with van der Waals surface area (Å²) >= 11 is 0. The fourth-order valence-electron chi connectivity index (χ4n) is 3.10. The van der Waals surface area contributed by atoms with Crippen molar-refractivity contribution in [1.82, 2.24) is 4.98 Å². The Labute approximate surface area is 155 Å². The molecule has 0 spiro atoms. The lowest BCUT2D eigenvalue weighted by Crippen LogP contribution is -2.43. The molecule has 1 N–H and O–H groups in total. The number of nitrogens with zero attached hydrogens (tertiary/aromatic N) is 2. The molecule has 5 nitrogen and oxygen atoms in total. The molecule has 1 aromatic carbocycles. The Morgan fingerprint density at radius 3 is 2.76 bits per heavy atom. The van der Waals surface area contributed by atoms with Crippen LogP contribution in [0, 0.1) is 6.92 Å². The van der Waals surface area contributed by atoms with Crippen LogP contribution in [-0.2, 0) is 16.0 Å². The average molecular weight is 360 g/mol. The van der Waals surface area contributed by atoms with Gasteiger partial charge in [-0.05, 0) is 43.2 Å². The van der Waals surface area contributed by atoms with Gasteiger partial charge in [0.15, 0.2) is 0 Å². The number of aromatic nitrogens is 1. The second-order valence-corrected chi connectivity index (χ2v) is 6.23. The smallest absolute Gasteiger partial charge is 0.309 e. The van der Waals surface area contributed by atoms with Gasteiger partial charge < -0.3 is 14.7 Å². The molecular weight excluding hydrogens is 336 g/mol. The van der Waals surface area contributed by atoms with Crippen LogP contribution in [0.25, 0.3) is 11.1 Å². The van der Waals surface area contributed by atoms with E-state index < -0.39 is 5.97 Å². The molecule has 0 unspecified atom stereocenters. The minimum Gasteiger partial charge on any atom is -0.481 e. The van der Waals surface area contributed by atoms with Crippen molar-refractivity contribution in [1.29, 1.82) is 0 Å². The van der Waals surface area contributed by atoms with E-state index in [0.717, 1.165) is 30.9 Å². The molecule has 1 aromatic heterocycles. The lowest BCUT2D eigenvalue weighted by Gasteiger charge is -2.35. The zero-order valence-electron chi connectivity index (χ0n) is 14.5. The summed E-state index contributed by atoms with van der Waals surface area (Å²) in [6.07, 6.45) is 1.70. The van der Waals surface area contributed by atoms with E-state index in [4.69, 9.17) is 9.84 Å². The maximum atomic E-state index is 10.7. The number of carbonyl (C=O) groups is 1. The van der Waals surface area contributed by atoms with Gasteiger partial charge in [0.05, 0.1) is 25.3 Å². The van der Waals surface area contributed by atoms with Crippen LogP contribution in [0.1, 0.15) is 18.2 Å². The molecule has 0 aliphatic carbocycles. The van der Waals surface area contributed by atoms with Crippen molar-refractivity contribution in [3.05, 3.63) is 47.8 Å². The molecular formula is C19H24N2O3S. The van der Waals surface area contributed by atoms with Gasteiger partial charge in [-0.25, -0.2) is 0 Å². The van der Waals surface area contributed by atoms with Gasteiger partial charge in [-0.2, -0.15) is 13.5 Å². The third-order valence-electron chi connectivity index (χ3n) is 4.38. The molecule has 1 atom stereocenters. The summed E-state index contributed by atoms with van der Waals surface area (Å²) in [4.78, 5) is 17.4. The predicted octanol–water partition coefficient (Wildman–Crippen LogP) is 3.02. The van der Waals surface area contributed by atoms with E-state index >= 15 is 0 Å². The molecule has 1 saturated heterocycles. The van der Waals surface area contributed by atoms with E-state index in [1.165, 1.54) is 11.3 Å². The Bertz CT molecular complexity index is 734. The van der Waals surface area contributed by atoms with Crippen molar-refractivity contribution in [3.63, 3.8) is 0 Å². The number of anilines is 1. The lowest BCUT2D eigenvalue weighted by atomic mass is 10.0. The first-order chi connectivity index (χ1) is 11.5. The van der Waals surface area contributed by atoms with Gasteiger partial charge in [0.1, 0.15) is 0 Å². The molecule has 1 fully saturated rings. The average Bonchev–Trinajstić information content (AvgIpc) is 2.56. The summed E-state index contributed by atoms with van der Waals surface area (Å²) in [5, 5.41) is 8.82. The van der Waals surface area contributed by atoms with Crippen molar-refractivity contribution in [2.24, 2.45) is 0 Å². The van der Waals surface area contributed by atoms with Gasteiger partial charge in [-0.3, -0.25) is 9.78 Å². The molecule has 0 amide bonds. The van der Waals surface area contributed by atoms with Crippen molar-refractivity contribution in [3.8, 4) is 11.1 Å². The van der Waals surface area contributed by atoms with E-state index in [1.54, 1.807) is 12.3 Å². The van der Waals surface area contributed by atoms with E-state index in [2.05, 4.69) is 41.9 Å². The first-order valence-corrected chi connectivity index (χ1v) is 8.17. The minimum atomic E-state index is -0.865. The van der Waals surface area contributed by atoms with Crippen molar-refractivity contribution in [2.75, 3.05) is 24.7 Å². The molecule has 0 bridgehead atoms. The summed E-state index contributed by atoms with van der Waals surface area (Å²) < 4.78 is 5.50. The van der Waals surface area contributed by atoms with Crippen LogP contribution in [0.15, 0.2) is 36.5 Å². The number of rotatable bonds is 4. The summed E-state index contributed by atoms with van der Waals surface area (Å²) in [7, 11) is 0. The Kier molecular flexibility index (Phi) is 6.45. The van der Waals surface area contributed by atoms with Crippen molar-refractivity contribution in [2.45, 2.75) is 26.3 Å². The number of ether oxygens (including phenoxy) is 1. The maximum absolute atomic E-state index is 10.7. The number of hydrogen-bond donors (Lipinski definition) is 1. The largest absolute Gasteiger partial charge is 0.481 e. The van der Waals surface area contributed by atoms with Gasteiger partial charge >= 0.3 is 5.97 Å². The lowest BCUT2D eigenvalue weighted by molar-refractivity contribution is -0.136. The fraction of sp³-hybridized carbons (Fsp3) is 0.368. The molecule has 0 radical (unpaired) electrons. The van der Waals surface area contributed by atoms with Crippen LogP contribution >= 0.6 is 13.5 Å². The number of pyridine rings is 1. The molecule has 1 aliphatic heterocycles. The predicted molar refractivity (Wildman–Crippen MR) is 104 cm³/mol. The number of aliphatic carboxylic acids is 1. The van der Waals surface area contributed by atoms with Gasteiger partial charge in [-0.1, -0.05) is 12.1 Å². The van der Waals surface area contributed by atoms with Crippen molar-refractivity contribution >= 4 is 25.2 Å². The highest BCUT2D eigenvalue weighted by Crippen LogP contribution is 2.28. The van der Waals surface area contributed by atoms with Gasteiger partial charge in [0.25, 0.3) is 0 Å². The molecule has 2 heterocycles. The van der Waals surface area contributed by atoms with Gasteiger partial charge in [0.2, 0.25) is 0 Å². The van der Waals surface area contributed by atoms with Crippen LogP contribution < -0.4 is 4.90 Å². The molecule has 134 valence electrons. The van der Waals surface area contributed by atoms with Crippen molar-refractivity contribution < 1.29 is 14.6 Å². The first kappa shape index (κ1) is 19.3. The highest BCUT2D eigenvalue weighted by Gasteiger charge is 2.19. The van der Waals surface area contributed by atoms with E-state index in [0.29, 0.717) is 11.7 Å². The number of aryl methyl sites for hydroxylation is 1. The van der Waals surface area contributed by atoms with Crippen LogP contribution in [0.5, 0.6) is 0 Å². The topological polar surface area (TPSA) is 62.7 Å². The van der Waals surface area contributed by atoms with Crippen LogP contribution in [-0.4, -0.2) is 41.9 Å². The zero-order valence-corrected chi connectivity index (χ0v) is 15.5. The molecule has 3 rings (SSSR count). The summed E-state index contributed by atoms with van der Waals surface area (Å²) in [6.45, 7) is 6.70. The van der Waals surface area contributed by atoms with E-state index in [-0.39, 0.29) is 19.9 Å². The maximum Gasteiger partial charge on any atom is 0.309 e. The zero-order chi connectivity index (χ0) is 17.1. The Hall–Kier alpha value is -2.05. The van der Waals surface area contributed by atoms with Crippen LogP contribution in [0.2, 0.25) is 0 Å². The normalized spacial score (nSPS) is 17.0. The third-order valence-corrected chi connectivity index (χ3v) is 4.38. The standard InChI is InChI=1S/C19H22N2O3.H2S/c1-13-9-17(21-7-8-24-12-14(21)2)5-6-18(13)15-3-4-16(20-11-15)10-19(22)23;/h3-6,9,11,14H,7-8,10,12H2,1-2H3,(H,22,23);1H2/t14-;/m0./s1. The second kappa shape index (κ2) is 8.36. The van der Waals surface area contributed by atoms with Gasteiger partial charge in [0, 0.05) is 30.0 Å².